The smallest absolute Gasteiger partial charge is 0.330 e. The fraction of sp³-hybridized carbons (Fsp3) is 0.235. The Labute approximate surface area is 629 Å². The number of hydrogen-bond acceptors (Lipinski definition) is 14. The largest absolute Gasteiger partial charge is 0.497 e. The van der Waals surface area contributed by atoms with Crippen molar-refractivity contribution in [3.63, 3.8) is 0 Å². The molecule has 0 aliphatic heterocycles. The maximum atomic E-state index is 13.2. The average Bonchev–Trinajstić information content (AvgIpc) is 1.60. The molecule has 0 bridgehead atoms. The van der Waals surface area contributed by atoms with E-state index in [9.17, 15) is 33.4 Å². The Hall–Kier alpha value is -8.10. The Morgan fingerprint density at radius 1 is 0.422 bits per heavy atom. The normalized spacial score (nSPS) is 12.6. The van der Waals surface area contributed by atoms with Crippen LogP contribution in [-0.2, 0) is 64.2 Å². The number of ether oxygens (including phenoxy) is 1. The number of methoxy groups -OCH3 is 1. The van der Waals surface area contributed by atoms with Gasteiger partial charge < -0.3 is 14.7 Å². The molecule has 5 aliphatic rings. The maximum Gasteiger partial charge on any atom is 0.330 e. The molecule has 0 radical (unpaired) electrons. The van der Waals surface area contributed by atoms with Crippen LogP contribution in [0.1, 0.15) is 144 Å². The molecule has 1 N–H and O–H groups in total. The van der Waals surface area contributed by atoms with Gasteiger partial charge in [0.25, 0.3) is 0 Å². The lowest BCUT2D eigenvalue weighted by atomic mass is 9.70. The Kier molecular flexibility index (Phi) is 23.3. The zero-order chi connectivity index (χ0) is 72.2. The number of rotatable bonds is 9. The molecule has 0 atom stereocenters. The van der Waals surface area contributed by atoms with Crippen molar-refractivity contribution >= 4 is 130 Å². The molecule has 8 nitrogen and oxygen atoms in total. The summed E-state index contributed by atoms with van der Waals surface area (Å²) in [6.07, 6.45) is 10.2. The number of hydrogen-bond donors (Lipinski definition) is 1. The van der Waals surface area contributed by atoms with Crippen molar-refractivity contribution < 1.29 is 38.1 Å². The summed E-state index contributed by atoms with van der Waals surface area (Å²) < 4.78 is 20.6. The highest BCUT2D eigenvalue weighted by Gasteiger charge is 2.26. The first-order valence-electron chi connectivity index (χ1n) is 34.1. The van der Waals surface area contributed by atoms with E-state index in [0.717, 1.165) is 120 Å². The summed E-state index contributed by atoms with van der Waals surface area (Å²) in [4.78, 5) is 71.2. The van der Waals surface area contributed by atoms with Gasteiger partial charge >= 0.3 is 6.92 Å². The Balaban J connectivity index is 0.000000116. The zero-order valence-electron chi connectivity index (χ0n) is 58.8. The first-order chi connectivity index (χ1) is 49.0. The van der Waals surface area contributed by atoms with Gasteiger partial charge in [0, 0.05) is 58.3 Å². The van der Waals surface area contributed by atoms with E-state index in [2.05, 4.69) is 151 Å². The van der Waals surface area contributed by atoms with Crippen molar-refractivity contribution in [2.24, 2.45) is 0 Å². The average molecular weight is 1530 g/mol. The minimum absolute atomic E-state index is 0.105. The third-order valence-electron chi connectivity index (χ3n) is 18.7. The lowest BCUT2D eigenvalue weighted by Gasteiger charge is -2.20. The molecule has 6 aromatic carbocycles. The number of anilines is 1. The van der Waals surface area contributed by atoms with Crippen molar-refractivity contribution in [1.82, 2.24) is 0 Å². The van der Waals surface area contributed by atoms with Gasteiger partial charge in [0.15, 0.2) is 28.9 Å². The molecular formula is C85H78BBrFNO7S6. The SMILES string of the molecule is CB(O)c1ccc(-c2ccccc2)s1.CC(=O)c1cc2c(s1)-c1ccc(Br)cc1CC2.CC(=O)c1cc2c(s1)-c1ccc(C)cc1CC2.CC(=O)c1cc2c(s1)-c1ccc(F)cc1CC2.CC(=O)c1cc2c(s1)-c1ccc(N(C)C)cc1CC2.COc1ccc2c(c1)CCc1cc(C(C)=O)sc1-2. The van der Waals surface area contributed by atoms with E-state index in [1.54, 1.807) is 111 Å². The number of halogens is 2. The second-order valence-electron chi connectivity index (χ2n) is 26.4. The number of benzene rings is 6. The van der Waals surface area contributed by atoms with E-state index in [-0.39, 0.29) is 41.6 Å². The van der Waals surface area contributed by atoms with Crippen LogP contribution in [0.4, 0.5) is 10.1 Å². The summed E-state index contributed by atoms with van der Waals surface area (Å²) in [6.45, 7) is 11.7. The van der Waals surface area contributed by atoms with Crippen LogP contribution in [0.2, 0.25) is 6.82 Å². The standard InChI is InChI=1S/C16H17NOS.C15H14O2S.C15H14OS.C14H11BrOS.C14H11FOS.C11H11BOS/c1-10(18)15-9-12-5-4-11-8-13(17(2)3)6-7-14(11)16(12)19-15;1-9(16)14-8-11-4-3-10-7-12(17-2)5-6-13(10)15(11)18-14;1-9-3-6-13-11(7-9)4-5-12-8-14(10(2)16)17-15(12)13;2*1-8(16)13-7-10-3-2-9-6-11(15)4-5-12(9)14(10)17-13;1-12(13)11-8-7-10(14-11)9-5-3-2-4-6-9/h6-9H,4-5H2,1-3H3;5-8H,3-4H2,1-2H3;3,6-8H,4-5H2,1-2H3;2*4-7H,2-3H2,1H3;2-8,13H,1H3. The van der Waals surface area contributed by atoms with Crippen LogP contribution in [0.5, 0.6) is 5.75 Å². The monoisotopic (exact) mass is 1530 g/mol. The predicted molar refractivity (Wildman–Crippen MR) is 432 cm³/mol. The van der Waals surface area contributed by atoms with Gasteiger partial charge in [-0.3, -0.25) is 24.0 Å². The van der Waals surface area contributed by atoms with Gasteiger partial charge in [-0.15, -0.1) is 68.0 Å². The van der Waals surface area contributed by atoms with Crippen molar-refractivity contribution in [3.05, 3.63) is 260 Å². The van der Waals surface area contributed by atoms with Crippen LogP contribution in [0.3, 0.4) is 0 Å². The van der Waals surface area contributed by atoms with Gasteiger partial charge in [0.1, 0.15) is 11.6 Å². The van der Waals surface area contributed by atoms with E-state index in [4.69, 9.17) is 4.74 Å². The van der Waals surface area contributed by atoms with E-state index in [0.29, 0.717) is 0 Å². The van der Waals surface area contributed by atoms with Crippen molar-refractivity contribution in [2.75, 3.05) is 26.1 Å². The summed E-state index contributed by atoms with van der Waals surface area (Å²) in [5, 5.41) is 9.39. The van der Waals surface area contributed by atoms with Crippen molar-refractivity contribution in [1.29, 1.82) is 0 Å². The molecule has 0 unspecified atom stereocenters. The first kappa shape index (κ1) is 73.7. The van der Waals surface area contributed by atoms with E-state index in [1.807, 2.05) is 42.5 Å². The molecule has 0 spiro atoms. The minimum Gasteiger partial charge on any atom is -0.497 e. The number of carbonyl (C=O) groups is 5. The van der Waals surface area contributed by atoms with Gasteiger partial charge in [-0.25, -0.2) is 4.39 Å². The van der Waals surface area contributed by atoms with Gasteiger partial charge in [-0.05, 0) is 286 Å². The third kappa shape index (κ3) is 16.8. The van der Waals surface area contributed by atoms with Crippen LogP contribution < -0.4 is 14.4 Å². The number of ketones is 5. The highest BCUT2D eigenvalue weighted by atomic mass is 79.9. The molecule has 5 aliphatic carbocycles. The summed E-state index contributed by atoms with van der Waals surface area (Å²) in [6, 6.07) is 55.3. The van der Waals surface area contributed by atoms with Crippen LogP contribution >= 0.6 is 84.0 Å². The van der Waals surface area contributed by atoms with Crippen LogP contribution in [-0.4, -0.2) is 62.1 Å². The maximum absolute atomic E-state index is 13.2. The van der Waals surface area contributed by atoms with Gasteiger partial charge in [-0.1, -0.05) is 101 Å². The molecule has 17 heteroatoms. The summed E-state index contributed by atoms with van der Waals surface area (Å²) in [7, 11) is 5.82. The number of aryl methyl sites for hydroxylation is 11. The Morgan fingerprint density at radius 2 is 0.784 bits per heavy atom. The van der Waals surface area contributed by atoms with Gasteiger partial charge in [-0.2, -0.15) is 0 Å². The zero-order valence-corrected chi connectivity index (χ0v) is 65.3. The molecule has 102 heavy (non-hydrogen) atoms. The molecule has 0 fully saturated rings. The topological polar surface area (TPSA) is 118 Å². The lowest BCUT2D eigenvalue weighted by molar-refractivity contribution is 0.101. The minimum atomic E-state index is -0.363. The molecule has 12 aromatic rings. The van der Waals surface area contributed by atoms with Crippen LogP contribution in [0, 0.1) is 12.7 Å². The van der Waals surface area contributed by atoms with Gasteiger partial charge in [0.05, 0.1) is 31.5 Å². The van der Waals surface area contributed by atoms with Crippen molar-refractivity contribution in [2.45, 2.75) is 113 Å². The molecular weight excluding hydrogens is 1450 g/mol. The van der Waals surface area contributed by atoms with Crippen LogP contribution in [0.15, 0.2) is 168 Å². The predicted octanol–water partition coefficient (Wildman–Crippen LogP) is 22.1. The van der Waals surface area contributed by atoms with Crippen LogP contribution in [0.25, 0.3) is 62.6 Å². The second kappa shape index (κ2) is 32.3. The quantitative estimate of drug-likeness (QED) is 0.112. The molecule has 0 amide bonds. The Bertz CT molecular complexity index is 4920. The number of thiophene rings is 6. The molecule has 0 saturated heterocycles. The van der Waals surface area contributed by atoms with E-state index in [1.165, 1.54) is 131 Å². The highest BCUT2D eigenvalue weighted by molar-refractivity contribution is 9.10. The lowest BCUT2D eigenvalue weighted by Crippen LogP contribution is -2.21. The molecule has 518 valence electrons. The summed E-state index contributed by atoms with van der Waals surface area (Å²) in [5.74, 6) is 1.50. The summed E-state index contributed by atoms with van der Waals surface area (Å²) in [5.41, 5.74) is 23.2. The second-order valence-corrected chi connectivity index (χ2v) is 33.7. The number of fused-ring (bicyclic) bond motifs is 15. The fourth-order valence-corrected chi connectivity index (χ4v) is 20.5. The molecule has 0 saturated carbocycles. The number of carbonyl (C=O) groups excluding carboxylic acids is 5. The molecule has 17 rings (SSSR count). The summed E-state index contributed by atoms with van der Waals surface area (Å²) >= 11 is 13.2. The highest BCUT2D eigenvalue weighted by Crippen LogP contribution is 2.46. The van der Waals surface area contributed by atoms with Crippen molar-refractivity contribution in [3.8, 4) is 68.4 Å². The molecule has 6 aromatic heterocycles. The van der Waals surface area contributed by atoms with Gasteiger partial charge in [0.2, 0.25) is 0 Å². The first-order valence-corrected chi connectivity index (χ1v) is 39.8. The fourth-order valence-electron chi connectivity index (χ4n) is 13.3. The Morgan fingerprint density at radius 3 is 1.19 bits per heavy atom. The third-order valence-corrected chi connectivity index (χ3v) is 27.1. The number of nitrogens with zero attached hydrogens (tertiary/aromatic N) is 1. The van der Waals surface area contributed by atoms with E-state index < -0.39 is 0 Å². The molecule has 6 heterocycles. The number of Topliss-reactive ketones (excluding diaryl/α,β-unsaturated/α-hetero) is 5. The van der Waals surface area contributed by atoms with E-state index >= 15 is 0 Å².